The van der Waals surface area contributed by atoms with Gasteiger partial charge in [-0.25, -0.2) is 4.98 Å². The lowest BCUT2D eigenvalue weighted by Gasteiger charge is -2.14. The molecule has 0 saturated heterocycles. The molecule has 24 heavy (non-hydrogen) atoms. The lowest BCUT2D eigenvalue weighted by molar-refractivity contribution is 0.324. The van der Waals surface area contributed by atoms with Crippen LogP contribution < -0.4 is 14.2 Å². The van der Waals surface area contributed by atoms with E-state index in [4.69, 9.17) is 14.2 Å². The van der Waals surface area contributed by atoms with Crippen LogP contribution in [0.15, 0.2) is 24.4 Å². The predicted octanol–water partition coefficient (Wildman–Crippen LogP) is 2.94. The Morgan fingerprint density at radius 1 is 1.00 bits per heavy atom. The number of hydrogen-bond donors (Lipinski definition) is 0. The molecule has 0 unspecified atom stereocenters. The molecule has 0 aliphatic heterocycles. The third-order valence-electron chi connectivity index (χ3n) is 3.73. The number of ether oxygens (including phenoxy) is 3. The molecule has 2 aromatic heterocycles. The number of aromatic nitrogens is 4. The molecule has 7 heteroatoms. The summed E-state index contributed by atoms with van der Waals surface area (Å²) in [5.74, 6) is 3.25. The highest BCUT2D eigenvalue weighted by Gasteiger charge is 2.17. The van der Waals surface area contributed by atoms with Crippen molar-refractivity contribution in [2.45, 2.75) is 19.8 Å². The Bertz CT molecular complexity index is 848. The SMILES string of the molecule is COc1cc(-c2ccnc3nc(C(C)C)nn23)cc(OC)c1OC. The summed E-state index contributed by atoms with van der Waals surface area (Å²) in [4.78, 5) is 8.76. The van der Waals surface area contributed by atoms with E-state index in [0.717, 1.165) is 17.1 Å². The van der Waals surface area contributed by atoms with Gasteiger partial charge in [0, 0.05) is 17.7 Å². The van der Waals surface area contributed by atoms with Crippen LogP contribution in [0.4, 0.5) is 0 Å². The van der Waals surface area contributed by atoms with Gasteiger partial charge in [0.15, 0.2) is 17.3 Å². The molecule has 0 saturated carbocycles. The van der Waals surface area contributed by atoms with Gasteiger partial charge >= 0.3 is 0 Å². The molecule has 2 heterocycles. The van der Waals surface area contributed by atoms with E-state index < -0.39 is 0 Å². The van der Waals surface area contributed by atoms with Crippen molar-refractivity contribution in [1.82, 2.24) is 19.6 Å². The minimum absolute atomic E-state index is 0.222. The van der Waals surface area contributed by atoms with E-state index in [1.54, 1.807) is 32.0 Å². The fourth-order valence-corrected chi connectivity index (χ4v) is 2.50. The maximum absolute atomic E-state index is 5.43. The Labute approximate surface area is 140 Å². The normalized spacial score (nSPS) is 11.1. The zero-order valence-electron chi connectivity index (χ0n) is 14.4. The van der Waals surface area contributed by atoms with E-state index in [9.17, 15) is 0 Å². The average Bonchev–Trinajstić information content (AvgIpc) is 3.04. The molecule has 3 aromatic rings. The maximum Gasteiger partial charge on any atom is 0.252 e. The molecular weight excluding hydrogens is 308 g/mol. The Morgan fingerprint density at radius 3 is 2.21 bits per heavy atom. The summed E-state index contributed by atoms with van der Waals surface area (Å²) >= 11 is 0. The molecule has 0 fully saturated rings. The maximum atomic E-state index is 5.43. The van der Waals surface area contributed by atoms with Gasteiger partial charge in [0.05, 0.1) is 27.0 Å². The fraction of sp³-hybridized carbons (Fsp3) is 0.353. The fourth-order valence-electron chi connectivity index (χ4n) is 2.50. The molecule has 1 aromatic carbocycles. The van der Waals surface area contributed by atoms with Crippen LogP contribution in [0.1, 0.15) is 25.6 Å². The molecule has 7 nitrogen and oxygen atoms in total. The molecule has 0 aliphatic rings. The predicted molar refractivity (Wildman–Crippen MR) is 90.0 cm³/mol. The van der Waals surface area contributed by atoms with Crippen LogP contribution in [0.25, 0.3) is 17.0 Å². The van der Waals surface area contributed by atoms with Gasteiger partial charge in [-0.15, -0.1) is 5.10 Å². The second kappa shape index (κ2) is 6.35. The molecule has 0 amide bonds. The Morgan fingerprint density at radius 2 is 1.67 bits per heavy atom. The van der Waals surface area contributed by atoms with Gasteiger partial charge in [-0.05, 0) is 18.2 Å². The average molecular weight is 328 g/mol. The van der Waals surface area contributed by atoms with E-state index in [1.165, 1.54) is 0 Å². The quantitative estimate of drug-likeness (QED) is 0.717. The van der Waals surface area contributed by atoms with E-state index in [0.29, 0.717) is 23.0 Å². The van der Waals surface area contributed by atoms with Crippen LogP contribution in [-0.4, -0.2) is 40.9 Å². The van der Waals surface area contributed by atoms with Gasteiger partial charge in [0.1, 0.15) is 0 Å². The largest absolute Gasteiger partial charge is 0.493 e. The Kier molecular flexibility index (Phi) is 4.24. The molecule has 3 rings (SSSR count). The lowest BCUT2D eigenvalue weighted by Crippen LogP contribution is -1.99. The van der Waals surface area contributed by atoms with Gasteiger partial charge in [0.2, 0.25) is 5.75 Å². The van der Waals surface area contributed by atoms with Crippen LogP contribution in [0.5, 0.6) is 17.2 Å². The third kappa shape index (κ3) is 2.62. The van der Waals surface area contributed by atoms with E-state index in [2.05, 4.69) is 15.1 Å². The minimum atomic E-state index is 0.222. The van der Waals surface area contributed by atoms with Gasteiger partial charge in [-0.2, -0.15) is 9.50 Å². The zero-order chi connectivity index (χ0) is 17.3. The summed E-state index contributed by atoms with van der Waals surface area (Å²) in [6.07, 6.45) is 1.71. The number of nitrogens with zero attached hydrogens (tertiary/aromatic N) is 4. The standard InChI is InChI=1S/C17H20N4O3/c1-10(2)16-19-17-18-7-6-12(21(17)20-16)11-8-13(22-3)15(24-5)14(9-11)23-4/h6-10H,1-5H3. The van der Waals surface area contributed by atoms with Crippen LogP contribution >= 0.6 is 0 Å². The van der Waals surface area contributed by atoms with Crippen molar-refractivity contribution in [2.24, 2.45) is 0 Å². The Balaban J connectivity index is 2.23. The smallest absolute Gasteiger partial charge is 0.252 e. The molecule has 0 aliphatic carbocycles. The summed E-state index contributed by atoms with van der Waals surface area (Å²) in [7, 11) is 4.77. The third-order valence-corrected chi connectivity index (χ3v) is 3.73. The summed E-state index contributed by atoms with van der Waals surface area (Å²) < 4.78 is 18.0. The van der Waals surface area contributed by atoms with Gasteiger partial charge < -0.3 is 14.2 Å². The Hall–Kier alpha value is -2.83. The van der Waals surface area contributed by atoms with E-state index in [1.807, 2.05) is 32.0 Å². The zero-order valence-corrected chi connectivity index (χ0v) is 14.4. The number of hydrogen-bond acceptors (Lipinski definition) is 6. The monoisotopic (exact) mass is 328 g/mol. The molecule has 0 bridgehead atoms. The molecule has 126 valence electrons. The number of methoxy groups -OCH3 is 3. The molecule has 0 spiro atoms. The van der Waals surface area contributed by atoms with Crippen molar-refractivity contribution >= 4 is 5.78 Å². The van der Waals surface area contributed by atoms with Gasteiger partial charge in [-0.3, -0.25) is 0 Å². The van der Waals surface area contributed by atoms with Gasteiger partial charge in [-0.1, -0.05) is 13.8 Å². The van der Waals surface area contributed by atoms with Crippen molar-refractivity contribution in [3.8, 4) is 28.5 Å². The first kappa shape index (κ1) is 16.0. The number of rotatable bonds is 5. The first-order chi connectivity index (χ1) is 11.6. The summed E-state index contributed by atoms with van der Waals surface area (Å²) in [6.45, 7) is 4.10. The summed E-state index contributed by atoms with van der Waals surface area (Å²) in [5, 5.41) is 4.57. The van der Waals surface area contributed by atoms with Crippen LogP contribution in [-0.2, 0) is 0 Å². The topological polar surface area (TPSA) is 70.8 Å². The molecule has 0 N–H and O–H groups in total. The minimum Gasteiger partial charge on any atom is -0.493 e. The highest BCUT2D eigenvalue weighted by atomic mass is 16.5. The molecular formula is C17H20N4O3. The van der Waals surface area contributed by atoms with Crippen LogP contribution in [0.3, 0.4) is 0 Å². The highest BCUT2D eigenvalue weighted by Crippen LogP contribution is 2.41. The first-order valence-corrected chi connectivity index (χ1v) is 7.61. The lowest BCUT2D eigenvalue weighted by atomic mass is 10.1. The van der Waals surface area contributed by atoms with E-state index in [-0.39, 0.29) is 5.92 Å². The van der Waals surface area contributed by atoms with Crippen LogP contribution in [0.2, 0.25) is 0 Å². The summed E-state index contributed by atoms with van der Waals surface area (Å²) in [5.41, 5.74) is 1.72. The van der Waals surface area contributed by atoms with Crippen molar-refractivity contribution in [2.75, 3.05) is 21.3 Å². The second-order valence-electron chi connectivity index (χ2n) is 5.58. The van der Waals surface area contributed by atoms with Crippen molar-refractivity contribution in [3.05, 3.63) is 30.2 Å². The van der Waals surface area contributed by atoms with Crippen molar-refractivity contribution in [1.29, 1.82) is 0 Å². The molecule has 0 radical (unpaired) electrons. The van der Waals surface area contributed by atoms with Crippen molar-refractivity contribution < 1.29 is 14.2 Å². The first-order valence-electron chi connectivity index (χ1n) is 7.61. The number of fused-ring (bicyclic) bond motifs is 1. The number of benzene rings is 1. The summed E-state index contributed by atoms with van der Waals surface area (Å²) in [6, 6.07) is 5.65. The van der Waals surface area contributed by atoms with Crippen molar-refractivity contribution in [3.63, 3.8) is 0 Å². The van der Waals surface area contributed by atoms with E-state index >= 15 is 0 Å². The second-order valence-corrected chi connectivity index (χ2v) is 5.58. The van der Waals surface area contributed by atoms with Crippen LogP contribution in [0, 0.1) is 0 Å². The van der Waals surface area contributed by atoms with Gasteiger partial charge in [0.25, 0.3) is 5.78 Å². The molecule has 0 atom stereocenters. The highest BCUT2D eigenvalue weighted by molar-refractivity contribution is 5.69.